The average Bonchev–Trinajstić information content (AvgIpc) is 2.76. The second-order valence-corrected chi connectivity index (χ2v) is 7.86. The first kappa shape index (κ1) is 22.0. The van der Waals surface area contributed by atoms with E-state index in [1.165, 1.54) is 4.68 Å². The van der Waals surface area contributed by atoms with Crippen molar-refractivity contribution in [1.29, 1.82) is 0 Å². The lowest BCUT2D eigenvalue weighted by atomic mass is 9.92. The zero-order valence-electron chi connectivity index (χ0n) is 17.0. The molecule has 1 aromatic heterocycles. The van der Waals surface area contributed by atoms with Gasteiger partial charge in [-0.1, -0.05) is 55.5 Å². The number of halogens is 1. The Kier molecular flexibility index (Phi) is 6.90. The molecular weight excluding hydrogens is 400 g/mol. The van der Waals surface area contributed by atoms with Crippen molar-refractivity contribution in [2.75, 3.05) is 13.1 Å². The van der Waals surface area contributed by atoms with Gasteiger partial charge < -0.3 is 10.6 Å². The van der Waals surface area contributed by atoms with E-state index in [4.69, 9.17) is 5.73 Å². The van der Waals surface area contributed by atoms with Crippen LogP contribution < -0.4 is 11.3 Å². The molecule has 6 nitrogen and oxygen atoms in total. The number of benzene rings is 2. The van der Waals surface area contributed by atoms with E-state index in [1.807, 2.05) is 47.4 Å². The number of fused-ring (bicyclic) bond motifs is 1. The smallest absolute Gasteiger partial charge is 0.275 e. The van der Waals surface area contributed by atoms with E-state index < -0.39 is 0 Å². The molecule has 1 amide bonds. The Balaban J connectivity index is 0.00000256. The molecule has 30 heavy (non-hydrogen) atoms. The lowest BCUT2D eigenvalue weighted by Gasteiger charge is -2.37. The van der Waals surface area contributed by atoms with Gasteiger partial charge in [0, 0.05) is 24.5 Å². The van der Waals surface area contributed by atoms with Crippen LogP contribution >= 0.6 is 12.4 Å². The molecule has 0 spiro atoms. The Hall–Kier alpha value is -2.70. The summed E-state index contributed by atoms with van der Waals surface area (Å²) in [5, 5.41) is 5.64. The molecule has 3 aromatic rings. The van der Waals surface area contributed by atoms with Gasteiger partial charge in [0.15, 0.2) is 5.69 Å². The monoisotopic (exact) mass is 426 g/mol. The number of piperidine rings is 1. The van der Waals surface area contributed by atoms with Gasteiger partial charge in [-0.3, -0.25) is 9.59 Å². The molecule has 1 aliphatic rings. The van der Waals surface area contributed by atoms with E-state index >= 15 is 0 Å². The van der Waals surface area contributed by atoms with Crippen LogP contribution in [0.4, 0.5) is 0 Å². The molecule has 4 rings (SSSR count). The molecule has 7 heteroatoms. The number of carbonyl (C=O) groups excluding carboxylic acids is 1. The number of hydrogen-bond donors (Lipinski definition) is 1. The third-order valence-corrected chi connectivity index (χ3v) is 5.76. The molecule has 1 fully saturated rings. The van der Waals surface area contributed by atoms with Crippen LogP contribution in [-0.4, -0.2) is 39.7 Å². The quantitative estimate of drug-likeness (QED) is 0.695. The number of amides is 1. The van der Waals surface area contributed by atoms with E-state index in [2.05, 4.69) is 12.0 Å². The maximum Gasteiger partial charge on any atom is 0.275 e. The van der Waals surface area contributed by atoms with Gasteiger partial charge in [0.2, 0.25) is 0 Å². The Morgan fingerprint density at radius 3 is 2.47 bits per heavy atom. The molecule has 1 aliphatic heterocycles. The molecule has 0 saturated carbocycles. The summed E-state index contributed by atoms with van der Waals surface area (Å²) >= 11 is 0. The SMILES string of the molecule is CC1CCN(C(=O)c2nn(Cc3ccccc3)c(=O)c3ccccc23)C(CN)C1.Cl. The summed E-state index contributed by atoms with van der Waals surface area (Å²) in [6.45, 7) is 3.60. The number of aromatic nitrogens is 2. The Morgan fingerprint density at radius 1 is 1.10 bits per heavy atom. The summed E-state index contributed by atoms with van der Waals surface area (Å²) in [4.78, 5) is 28.3. The van der Waals surface area contributed by atoms with Gasteiger partial charge in [0.1, 0.15) is 0 Å². The van der Waals surface area contributed by atoms with Crippen LogP contribution in [0.2, 0.25) is 0 Å². The first-order chi connectivity index (χ1) is 14.1. The van der Waals surface area contributed by atoms with Gasteiger partial charge in [0.25, 0.3) is 11.5 Å². The normalized spacial score (nSPS) is 18.8. The summed E-state index contributed by atoms with van der Waals surface area (Å²) in [5.74, 6) is 0.398. The minimum Gasteiger partial charge on any atom is -0.333 e. The van der Waals surface area contributed by atoms with Crippen molar-refractivity contribution in [3.8, 4) is 0 Å². The van der Waals surface area contributed by atoms with Gasteiger partial charge in [-0.05, 0) is 30.4 Å². The topological polar surface area (TPSA) is 81.2 Å². The van der Waals surface area contributed by atoms with Gasteiger partial charge in [0.05, 0.1) is 11.9 Å². The first-order valence-electron chi connectivity index (χ1n) is 10.1. The van der Waals surface area contributed by atoms with Crippen LogP contribution in [0.15, 0.2) is 59.4 Å². The zero-order valence-corrected chi connectivity index (χ0v) is 17.8. The molecule has 0 bridgehead atoms. The summed E-state index contributed by atoms with van der Waals surface area (Å²) in [6, 6.07) is 16.9. The fourth-order valence-corrected chi connectivity index (χ4v) is 4.14. The van der Waals surface area contributed by atoms with Crippen molar-refractivity contribution >= 4 is 29.1 Å². The number of nitrogens with two attached hydrogens (primary N) is 1. The van der Waals surface area contributed by atoms with Crippen molar-refractivity contribution in [2.24, 2.45) is 11.7 Å². The van der Waals surface area contributed by atoms with Gasteiger partial charge in [-0.2, -0.15) is 5.10 Å². The van der Waals surface area contributed by atoms with Gasteiger partial charge in [-0.15, -0.1) is 12.4 Å². The minimum absolute atomic E-state index is 0. The predicted octanol–water partition coefficient (Wildman–Crippen LogP) is 3.07. The average molecular weight is 427 g/mol. The molecule has 0 radical (unpaired) electrons. The van der Waals surface area contributed by atoms with Crippen LogP contribution in [0.3, 0.4) is 0 Å². The van der Waals surface area contributed by atoms with E-state index in [1.54, 1.807) is 12.1 Å². The van der Waals surface area contributed by atoms with E-state index in [0.29, 0.717) is 42.0 Å². The zero-order chi connectivity index (χ0) is 20.4. The number of carbonyl (C=O) groups is 1. The van der Waals surface area contributed by atoms with Crippen molar-refractivity contribution in [1.82, 2.24) is 14.7 Å². The second-order valence-electron chi connectivity index (χ2n) is 7.86. The standard InChI is InChI=1S/C23H26N4O2.ClH/c1-16-11-12-26(18(13-16)14-24)23(29)21-19-9-5-6-10-20(19)22(28)27(25-21)15-17-7-3-2-4-8-17;/h2-10,16,18H,11-15,24H2,1H3;1H. The van der Waals surface area contributed by atoms with Crippen LogP contribution in [-0.2, 0) is 6.54 Å². The van der Waals surface area contributed by atoms with Gasteiger partial charge >= 0.3 is 0 Å². The molecule has 158 valence electrons. The van der Waals surface area contributed by atoms with Gasteiger partial charge in [-0.25, -0.2) is 4.68 Å². The van der Waals surface area contributed by atoms with Crippen molar-refractivity contribution < 1.29 is 4.79 Å². The van der Waals surface area contributed by atoms with E-state index in [9.17, 15) is 9.59 Å². The highest BCUT2D eigenvalue weighted by Gasteiger charge is 2.31. The maximum absolute atomic E-state index is 13.5. The van der Waals surface area contributed by atoms with E-state index in [0.717, 1.165) is 18.4 Å². The number of hydrogen-bond acceptors (Lipinski definition) is 4. The van der Waals surface area contributed by atoms with E-state index in [-0.39, 0.29) is 29.9 Å². The lowest BCUT2D eigenvalue weighted by molar-refractivity contribution is 0.0567. The maximum atomic E-state index is 13.5. The van der Waals surface area contributed by atoms with Crippen LogP contribution in [0.1, 0.15) is 35.8 Å². The molecule has 2 aromatic carbocycles. The Morgan fingerprint density at radius 2 is 1.77 bits per heavy atom. The van der Waals surface area contributed by atoms with Crippen molar-refractivity contribution in [2.45, 2.75) is 32.4 Å². The summed E-state index contributed by atoms with van der Waals surface area (Å²) in [6.07, 6.45) is 1.84. The van der Waals surface area contributed by atoms with Crippen LogP contribution in [0.5, 0.6) is 0 Å². The number of nitrogens with zero attached hydrogens (tertiary/aromatic N) is 3. The highest BCUT2D eigenvalue weighted by atomic mass is 35.5. The lowest BCUT2D eigenvalue weighted by Crippen LogP contribution is -2.49. The molecule has 2 N–H and O–H groups in total. The molecule has 1 saturated heterocycles. The predicted molar refractivity (Wildman–Crippen MR) is 121 cm³/mol. The van der Waals surface area contributed by atoms with Crippen LogP contribution in [0.25, 0.3) is 10.8 Å². The third kappa shape index (κ3) is 4.25. The molecular formula is C23H27ClN4O2. The minimum atomic E-state index is -0.191. The molecule has 0 aliphatic carbocycles. The first-order valence-corrected chi connectivity index (χ1v) is 10.1. The fourth-order valence-electron chi connectivity index (χ4n) is 4.14. The van der Waals surface area contributed by atoms with Crippen molar-refractivity contribution in [3.05, 3.63) is 76.2 Å². The largest absolute Gasteiger partial charge is 0.333 e. The molecule has 2 unspecified atom stereocenters. The summed E-state index contributed by atoms with van der Waals surface area (Å²) in [5.41, 5.74) is 7.06. The van der Waals surface area contributed by atoms with Crippen molar-refractivity contribution in [3.63, 3.8) is 0 Å². The number of likely N-dealkylation sites (tertiary alicyclic amines) is 1. The Bertz CT molecular complexity index is 1080. The summed E-state index contributed by atoms with van der Waals surface area (Å²) < 4.78 is 1.40. The third-order valence-electron chi connectivity index (χ3n) is 5.76. The molecule has 2 atom stereocenters. The second kappa shape index (κ2) is 9.41. The Labute approximate surface area is 182 Å². The fraction of sp³-hybridized carbons (Fsp3) is 0.348. The number of rotatable bonds is 4. The highest BCUT2D eigenvalue weighted by molar-refractivity contribution is 6.04. The summed E-state index contributed by atoms with van der Waals surface area (Å²) in [7, 11) is 0. The van der Waals surface area contributed by atoms with Crippen LogP contribution in [0, 0.1) is 5.92 Å². The highest BCUT2D eigenvalue weighted by Crippen LogP contribution is 2.25. The molecule has 2 heterocycles.